The maximum absolute atomic E-state index is 12.0. The van der Waals surface area contributed by atoms with Gasteiger partial charge in [-0.05, 0) is 26.3 Å². The molecule has 2 saturated carbocycles. The Morgan fingerprint density at radius 2 is 2.16 bits per heavy atom. The van der Waals surface area contributed by atoms with E-state index in [-0.39, 0.29) is 23.2 Å². The number of halogens is 2. The van der Waals surface area contributed by atoms with Crippen molar-refractivity contribution in [2.45, 2.75) is 44.3 Å². The highest BCUT2D eigenvalue weighted by molar-refractivity contribution is 6.37. The van der Waals surface area contributed by atoms with Crippen LogP contribution in [-0.2, 0) is 14.3 Å². The number of carboxylic acids is 1. The number of hydrogen-bond acceptors (Lipinski definition) is 5. The molecule has 2 aromatic heterocycles. The lowest BCUT2D eigenvalue weighted by molar-refractivity contribution is -0.170. The SMILES string of the molecule is CC1(C)O[C@H]2[C@H](n3cnc4c(Cl)cc(Cl)nc43)[C@H]3C[C@@]3(C(=O)O)[C@H]2O1. The van der Waals surface area contributed by atoms with Crippen molar-refractivity contribution in [3.05, 3.63) is 22.6 Å². The van der Waals surface area contributed by atoms with Gasteiger partial charge in [-0.15, -0.1) is 0 Å². The summed E-state index contributed by atoms with van der Waals surface area (Å²) in [6.45, 7) is 3.60. The summed E-state index contributed by atoms with van der Waals surface area (Å²) in [7, 11) is 0. The third kappa shape index (κ3) is 1.92. The van der Waals surface area contributed by atoms with Gasteiger partial charge in [-0.3, -0.25) is 4.79 Å². The Morgan fingerprint density at radius 3 is 2.88 bits per heavy atom. The van der Waals surface area contributed by atoms with Gasteiger partial charge in [0.2, 0.25) is 0 Å². The van der Waals surface area contributed by atoms with Gasteiger partial charge >= 0.3 is 5.97 Å². The predicted octanol–water partition coefficient (Wildman–Crippen LogP) is 2.90. The number of nitrogens with zero attached hydrogens (tertiary/aromatic N) is 3. The fraction of sp³-hybridized carbons (Fsp3) is 0.562. The minimum Gasteiger partial charge on any atom is -0.481 e. The first kappa shape index (κ1) is 15.8. The Balaban J connectivity index is 1.67. The van der Waals surface area contributed by atoms with Gasteiger partial charge in [-0.25, -0.2) is 9.97 Å². The maximum Gasteiger partial charge on any atom is 0.312 e. The molecule has 1 N–H and O–H groups in total. The van der Waals surface area contributed by atoms with E-state index < -0.39 is 23.3 Å². The van der Waals surface area contributed by atoms with E-state index in [1.807, 2.05) is 4.57 Å². The standard InChI is InChI=1S/C16H15Cl2N3O4/c1-15(2)24-11-10(6-4-16(6,14(22)23)12(11)25-15)21-5-19-9-7(17)3-8(18)20-13(9)21/h3,5-6,10-12H,4H2,1-2H3,(H,22,23)/t6-,10-,11+,12+,16+/m1/s1. The molecule has 0 amide bonds. The molecule has 9 heteroatoms. The second kappa shape index (κ2) is 4.65. The first-order valence-electron chi connectivity index (χ1n) is 8.02. The molecule has 0 aromatic carbocycles. The lowest BCUT2D eigenvalue weighted by Gasteiger charge is -2.24. The third-order valence-corrected chi connectivity index (χ3v) is 6.10. The number of carboxylic acid groups (broad SMARTS) is 1. The summed E-state index contributed by atoms with van der Waals surface area (Å²) in [5, 5.41) is 10.5. The van der Waals surface area contributed by atoms with E-state index in [4.69, 9.17) is 32.7 Å². The fourth-order valence-electron chi connectivity index (χ4n) is 4.60. The van der Waals surface area contributed by atoms with Gasteiger partial charge in [0.15, 0.2) is 11.4 Å². The van der Waals surface area contributed by atoms with Crippen molar-refractivity contribution in [3.8, 4) is 0 Å². The number of ether oxygens (including phenoxy) is 2. The number of hydrogen-bond donors (Lipinski definition) is 1. The predicted molar refractivity (Wildman–Crippen MR) is 88.6 cm³/mol. The molecule has 2 aromatic rings. The number of pyridine rings is 1. The Kier molecular flexibility index (Phi) is 2.94. The zero-order chi connectivity index (χ0) is 17.7. The van der Waals surface area contributed by atoms with Crippen molar-refractivity contribution >= 4 is 40.3 Å². The summed E-state index contributed by atoms with van der Waals surface area (Å²) in [4.78, 5) is 20.7. The summed E-state index contributed by atoms with van der Waals surface area (Å²) in [5.41, 5.74) is 0.152. The Hall–Kier alpha value is -1.41. The molecule has 0 unspecified atom stereocenters. The van der Waals surface area contributed by atoms with Crippen LogP contribution >= 0.6 is 23.2 Å². The van der Waals surface area contributed by atoms with Crippen LogP contribution in [0.1, 0.15) is 26.3 Å². The second-order valence-corrected chi connectivity index (χ2v) is 8.21. The van der Waals surface area contributed by atoms with Crippen LogP contribution < -0.4 is 0 Å². The number of carbonyl (C=O) groups is 1. The molecule has 1 saturated heterocycles. The molecule has 132 valence electrons. The lowest BCUT2D eigenvalue weighted by atomic mass is 9.99. The molecule has 7 nitrogen and oxygen atoms in total. The van der Waals surface area contributed by atoms with Gasteiger partial charge in [0.1, 0.15) is 28.3 Å². The van der Waals surface area contributed by atoms with Gasteiger partial charge < -0.3 is 19.1 Å². The van der Waals surface area contributed by atoms with Gasteiger partial charge in [-0.2, -0.15) is 0 Å². The minimum atomic E-state index is -0.915. The minimum absolute atomic E-state index is 0.104. The van der Waals surface area contributed by atoms with Crippen LogP contribution in [0.15, 0.2) is 12.4 Å². The van der Waals surface area contributed by atoms with Crippen LogP contribution in [0.3, 0.4) is 0 Å². The topological polar surface area (TPSA) is 86.5 Å². The number of imidazole rings is 1. The van der Waals surface area contributed by atoms with Gasteiger partial charge in [0, 0.05) is 5.92 Å². The average molecular weight is 384 g/mol. The fourth-order valence-corrected chi connectivity index (χ4v) is 5.08. The van der Waals surface area contributed by atoms with E-state index in [9.17, 15) is 9.90 Å². The summed E-state index contributed by atoms with van der Waals surface area (Å²) in [5.74, 6) is -1.78. The number of aliphatic carboxylic acids is 1. The number of aromatic nitrogens is 3. The van der Waals surface area contributed by atoms with E-state index in [1.54, 1.807) is 20.2 Å². The van der Waals surface area contributed by atoms with Crippen molar-refractivity contribution in [2.75, 3.05) is 0 Å². The average Bonchev–Trinajstić information content (AvgIpc) is 2.83. The molecule has 5 atom stereocenters. The van der Waals surface area contributed by atoms with Crippen molar-refractivity contribution in [1.29, 1.82) is 0 Å². The van der Waals surface area contributed by atoms with Crippen molar-refractivity contribution in [2.24, 2.45) is 11.3 Å². The first-order chi connectivity index (χ1) is 11.7. The zero-order valence-corrected chi connectivity index (χ0v) is 15.0. The van der Waals surface area contributed by atoms with Crippen LogP contribution in [0.4, 0.5) is 0 Å². The van der Waals surface area contributed by atoms with E-state index in [2.05, 4.69) is 9.97 Å². The second-order valence-electron chi connectivity index (χ2n) is 7.42. The third-order valence-electron chi connectivity index (χ3n) is 5.62. The van der Waals surface area contributed by atoms with E-state index in [0.717, 1.165) is 0 Å². The summed E-state index contributed by atoms with van der Waals surface area (Å²) in [6, 6.07) is 1.30. The molecular weight excluding hydrogens is 369 g/mol. The van der Waals surface area contributed by atoms with Crippen LogP contribution in [0.25, 0.3) is 11.2 Å². The van der Waals surface area contributed by atoms with Crippen LogP contribution in [0.2, 0.25) is 10.2 Å². The quantitative estimate of drug-likeness (QED) is 0.802. The Labute approximate surface area is 152 Å². The summed E-state index contributed by atoms with van der Waals surface area (Å²) >= 11 is 12.3. The summed E-state index contributed by atoms with van der Waals surface area (Å²) in [6.07, 6.45) is 1.29. The smallest absolute Gasteiger partial charge is 0.312 e. The number of rotatable bonds is 2. The monoisotopic (exact) mass is 383 g/mol. The van der Waals surface area contributed by atoms with Crippen molar-refractivity contribution in [1.82, 2.24) is 14.5 Å². The molecule has 5 rings (SSSR count). The van der Waals surface area contributed by atoms with Gasteiger partial charge in [0.25, 0.3) is 0 Å². The molecule has 0 bridgehead atoms. The van der Waals surface area contributed by atoms with Gasteiger partial charge in [-0.1, -0.05) is 23.2 Å². The van der Waals surface area contributed by atoms with Crippen molar-refractivity contribution < 1.29 is 19.4 Å². The summed E-state index contributed by atoms with van der Waals surface area (Å²) < 4.78 is 13.9. The van der Waals surface area contributed by atoms with E-state index in [0.29, 0.717) is 22.6 Å². The molecule has 25 heavy (non-hydrogen) atoms. The first-order valence-corrected chi connectivity index (χ1v) is 8.78. The molecule has 3 fully saturated rings. The van der Waals surface area contributed by atoms with E-state index >= 15 is 0 Å². The molecular formula is C16H15Cl2N3O4. The lowest BCUT2D eigenvalue weighted by Crippen LogP contribution is -2.35. The molecule has 2 aliphatic carbocycles. The molecule has 3 aliphatic rings. The molecule has 1 aliphatic heterocycles. The Morgan fingerprint density at radius 1 is 1.40 bits per heavy atom. The molecule has 3 heterocycles. The van der Waals surface area contributed by atoms with E-state index in [1.165, 1.54) is 6.07 Å². The molecule has 0 radical (unpaired) electrons. The molecule has 0 spiro atoms. The van der Waals surface area contributed by atoms with Crippen molar-refractivity contribution in [3.63, 3.8) is 0 Å². The highest BCUT2D eigenvalue weighted by Crippen LogP contribution is 2.71. The highest BCUT2D eigenvalue weighted by Gasteiger charge is 2.80. The normalized spacial score (nSPS) is 37.9. The van der Waals surface area contributed by atoms with Crippen LogP contribution in [0, 0.1) is 11.3 Å². The Bertz CT molecular complexity index is 929. The van der Waals surface area contributed by atoms with Gasteiger partial charge in [0.05, 0.1) is 17.4 Å². The van der Waals surface area contributed by atoms with Crippen LogP contribution in [-0.4, -0.2) is 43.6 Å². The maximum atomic E-state index is 12.0. The van der Waals surface area contributed by atoms with Crippen LogP contribution in [0.5, 0.6) is 0 Å². The largest absolute Gasteiger partial charge is 0.481 e. The highest BCUT2D eigenvalue weighted by atomic mass is 35.5. The number of fused-ring (bicyclic) bond motifs is 4. The zero-order valence-electron chi connectivity index (χ0n) is 13.4.